The highest BCUT2D eigenvalue weighted by Gasteiger charge is 2.82. The van der Waals surface area contributed by atoms with Gasteiger partial charge in [0.2, 0.25) is 9.84 Å². The number of halogens is 9. The van der Waals surface area contributed by atoms with Gasteiger partial charge in [-0.15, -0.1) is 15.5 Å². The third kappa shape index (κ3) is 3.08. The molecule has 1 aromatic carbocycles. The van der Waals surface area contributed by atoms with Gasteiger partial charge in [-0.2, -0.15) is 22.0 Å². The van der Waals surface area contributed by atoms with Crippen LogP contribution in [0.3, 0.4) is 0 Å². The molecule has 0 amide bonds. The van der Waals surface area contributed by atoms with Crippen LogP contribution in [-0.4, -0.2) is 11.4 Å². The third-order valence-electron chi connectivity index (χ3n) is 3.02. The minimum atomic E-state index is -10.3. The normalized spacial score (nSPS) is 17.0. The summed E-state index contributed by atoms with van der Waals surface area (Å²) in [6, 6.07) is 0.645. The number of nitrogens with two attached hydrogens (primary N) is 1. The largest absolute Gasteiger partial charge is 0.399 e. The minimum absolute atomic E-state index is 0.00534. The number of hydrogen-bond donors (Lipinski definition) is 1. The summed E-state index contributed by atoms with van der Waals surface area (Å²) in [5, 5.41) is -6.14. The highest BCUT2D eigenvalue weighted by atomic mass is 32.5. The number of aryl methyl sites for hydroxylation is 1. The third-order valence-corrected chi connectivity index (χ3v) is 5.62. The van der Waals surface area contributed by atoms with Crippen LogP contribution >= 0.6 is 9.84 Å². The van der Waals surface area contributed by atoms with E-state index in [0.717, 1.165) is 6.92 Å². The molecule has 0 saturated carbocycles. The molecular weight excluding hydrogens is 349 g/mol. The van der Waals surface area contributed by atoms with Gasteiger partial charge in [-0.25, -0.2) is 0 Å². The Hall–Kier alpha value is -1.26. The zero-order valence-corrected chi connectivity index (χ0v) is 11.9. The van der Waals surface area contributed by atoms with E-state index in [9.17, 15) is 37.5 Å². The molecule has 0 radical (unpaired) electrons. The van der Waals surface area contributed by atoms with E-state index in [1.165, 1.54) is 0 Å². The fourth-order valence-electron chi connectivity index (χ4n) is 1.57. The van der Waals surface area contributed by atoms with E-state index in [1.54, 1.807) is 0 Å². The molecule has 22 heavy (non-hydrogen) atoms. The maximum absolute atomic E-state index is 13.8. The maximum Gasteiger partial charge on any atom is 0.389 e. The molecule has 0 atom stereocenters. The van der Waals surface area contributed by atoms with Crippen molar-refractivity contribution in [3.63, 3.8) is 0 Å². The monoisotopic (exact) mass is 361 g/mol. The van der Waals surface area contributed by atoms with Gasteiger partial charge < -0.3 is 5.73 Å². The zero-order valence-electron chi connectivity index (χ0n) is 11.0. The number of rotatable bonds is 4. The van der Waals surface area contributed by atoms with Crippen molar-refractivity contribution in [2.75, 3.05) is 5.73 Å². The van der Waals surface area contributed by atoms with Gasteiger partial charge in [0.25, 0.3) is 0 Å². The Morgan fingerprint density at radius 1 is 0.955 bits per heavy atom. The predicted molar refractivity (Wildman–Crippen MR) is 66.1 cm³/mol. The number of alkyl halides is 5. The fourth-order valence-corrected chi connectivity index (χ4v) is 3.18. The van der Waals surface area contributed by atoms with Crippen LogP contribution in [0.25, 0.3) is 0 Å². The Labute approximate surface area is 119 Å². The average Bonchev–Trinajstić information content (AvgIpc) is 2.27. The summed E-state index contributed by atoms with van der Waals surface area (Å²) in [6.07, 6.45) is -10.5. The average molecular weight is 361 g/mol. The molecule has 0 aliphatic heterocycles. The smallest absolute Gasteiger partial charge is 0.389 e. The SMILES string of the molecule is Cc1cc(S(F)(F)(F)(F)C(F)(F)CCC(F)(F)F)ccc1N. The summed E-state index contributed by atoms with van der Waals surface area (Å²) >= 11 is 0. The molecule has 0 bridgehead atoms. The van der Waals surface area contributed by atoms with Crippen LogP contribution < -0.4 is 5.73 Å². The molecule has 0 fully saturated rings. The molecule has 1 aromatic rings. The topological polar surface area (TPSA) is 26.0 Å². The van der Waals surface area contributed by atoms with Gasteiger partial charge >= 0.3 is 11.4 Å². The quantitative estimate of drug-likeness (QED) is 0.495. The molecule has 1 nitrogen and oxygen atoms in total. The van der Waals surface area contributed by atoms with Crippen molar-refractivity contribution in [3.8, 4) is 0 Å². The van der Waals surface area contributed by atoms with Gasteiger partial charge in [0, 0.05) is 12.1 Å². The van der Waals surface area contributed by atoms with Crippen LogP contribution in [0.2, 0.25) is 0 Å². The van der Waals surface area contributed by atoms with Gasteiger partial charge in [0.1, 0.15) is 0 Å². The first-order valence-corrected chi connectivity index (χ1v) is 7.76. The van der Waals surface area contributed by atoms with Crippen molar-refractivity contribution in [3.05, 3.63) is 23.8 Å². The molecule has 0 spiro atoms. The Bertz CT molecular complexity index is 587. The first-order chi connectivity index (χ1) is 9.40. The fraction of sp³-hybridized carbons (Fsp3) is 0.455. The van der Waals surface area contributed by atoms with Crippen molar-refractivity contribution >= 4 is 15.5 Å². The number of hydrogen-bond acceptors (Lipinski definition) is 1. The van der Waals surface area contributed by atoms with Crippen molar-refractivity contribution in [2.45, 2.75) is 36.1 Å². The lowest BCUT2D eigenvalue weighted by molar-refractivity contribution is -0.145. The minimum Gasteiger partial charge on any atom is -0.399 e. The predicted octanol–water partition coefficient (Wildman–Crippen LogP) is 6.29. The van der Waals surface area contributed by atoms with E-state index in [0.29, 0.717) is 6.07 Å². The lowest BCUT2D eigenvalue weighted by atomic mass is 10.2. The zero-order chi connectivity index (χ0) is 17.7. The molecule has 2 N–H and O–H groups in total. The molecule has 0 aliphatic rings. The van der Waals surface area contributed by atoms with Gasteiger partial charge in [-0.1, -0.05) is 0 Å². The standard InChI is InChI=1S/C11H12F9NS/c1-7-6-8(2-3-9(7)21)22(17,18,19,20)11(15,16)5-4-10(12,13)14/h2-3,6H,4-5,21H2,1H3. The Morgan fingerprint density at radius 2 is 1.45 bits per heavy atom. The number of nitrogen functional groups attached to an aromatic ring is 1. The number of anilines is 1. The Kier molecular flexibility index (Phi) is 3.75. The first-order valence-electron chi connectivity index (χ1n) is 5.70. The van der Waals surface area contributed by atoms with E-state index in [-0.39, 0.29) is 23.4 Å². The molecule has 0 heterocycles. The van der Waals surface area contributed by atoms with Crippen molar-refractivity contribution in [1.29, 1.82) is 0 Å². The number of benzene rings is 1. The van der Waals surface area contributed by atoms with Gasteiger partial charge in [-0.3, -0.25) is 0 Å². The van der Waals surface area contributed by atoms with E-state index >= 15 is 0 Å². The molecule has 0 saturated heterocycles. The highest BCUT2D eigenvalue weighted by Crippen LogP contribution is 3.07. The molecule has 0 aromatic heterocycles. The second-order valence-electron chi connectivity index (χ2n) is 4.84. The van der Waals surface area contributed by atoms with Crippen molar-refractivity contribution in [1.82, 2.24) is 0 Å². The summed E-state index contributed by atoms with van der Waals surface area (Å²) in [4.78, 5) is -2.31. The molecule has 0 unspecified atom stereocenters. The van der Waals surface area contributed by atoms with Gasteiger partial charge in [-0.05, 0) is 30.7 Å². The van der Waals surface area contributed by atoms with Gasteiger partial charge in [0.15, 0.2) is 0 Å². The van der Waals surface area contributed by atoms with Gasteiger partial charge in [0.05, 0.1) is 11.3 Å². The Balaban J connectivity index is 3.43. The molecule has 130 valence electrons. The second-order valence-corrected chi connectivity index (χ2v) is 8.05. The lowest BCUT2D eigenvalue weighted by Crippen LogP contribution is -2.37. The molecule has 11 heteroatoms. The summed E-state index contributed by atoms with van der Waals surface area (Å²) < 4.78 is 118. The molecule has 1 rings (SSSR count). The summed E-state index contributed by atoms with van der Waals surface area (Å²) in [5.74, 6) is 0. The van der Waals surface area contributed by atoms with Crippen molar-refractivity contribution < 1.29 is 37.5 Å². The van der Waals surface area contributed by atoms with E-state index in [4.69, 9.17) is 5.73 Å². The van der Waals surface area contributed by atoms with E-state index in [2.05, 4.69) is 0 Å². The van der Waals surface area contributed by atoms with Crippen LogP contribution in [0.5, 0.6) is 0 Å². The molecule has 0 aliphatic carbocycles. The highest BCUT2D eigenvalue weighted by molar-refractivity contribution is 8.50. The van der Waals surface area contributed by atoms with E-state index < -0.39 is 39.0 Å². The van der Waals surface area contributed by atoms with Crippen LogP contribution in [0, 0.1) is 6.92 Å². The summed E-state index contributed by atoms with van der Waals surface area (Å²) in [7, 11) is -10.3. The van der Waals surface area contributed by atoms with Crippen molar-refractivity contribution in [2.24, 2.45) is 0 Å². The molecular formula is C11H12F9NS. The second kappa shape index (κ2) is 4.39. The van der Waals surface area contributed by atoms with Crippen LogP contribution in [0.15, 0.2) is 23.1 Å². The lowest BCUT2D eigenvalue weighted by Gasteiger charge is -2.54. The maximum atomic E-state index is 13.8. The van der Waals surface area contributed by atoms with Crippen LogP contribution in [-0.2, 0) is 0 Å². The Morgan fingerprint density at radius 3 is 1.86 bits per heavy atom. The summed E-state index contributed by atoms with van der Waals surface area (Å²) in [6.45, 7) is 1.03. The van der Waals surface area contributed by atoms with Crippen LogP contribution in [0.1, 0.15) is 18.4 Å². The van der Waals surface area contributed by atoms with Crippen LogP contribution in [0.4, 0.5) is 43.2 Å². The van der Waals surface area contributed by atoms with E-state index in [1.807, 2.05) is 0 Å². The first kappa shape index (κ1) is 18.8. The summed E-state index contributed by atoms with van der Waals surface area (Å²) in [5.41, 5.74) is 4.71.